The van der Waals surface area contributed by atoms with Crippen molar-refractivity contribution >= 4 is 6.09 Å². The Balaban J connectivity index is 2.00. The Kier molecular flexibility index (Phi) is 2.32. The van der Waals surface area contributed by atoms with Crippen LogP contribution >= 0.6 is 0 Å². The number of rotatable bonds is 3. The molecule has 7 heteroatoms. The van der Waals surface area contributed by atoms with Gasteiger partial charge < -0.3 is 15.2 Å². The molecule has 1 saturated heterocycles. The summed E-state index contributed by atoms with van der Waals surface area (Å²) in [5, 5.41) is 18.9. The molecule has 0 spiro atoms. The van der Waals surface area contributed by atoms with Gasteiger partial charge in [0.15, 0.2) is 0 Å². The lowest BCUT2D eigenvalue weighted by atomic mass is 10.3. The van der Waals surface area contributed by atoms with E-state index in [1.54, 1.807) is 0 Å². The van der Waals surface area contributed by atoms with Gasteiger partial charge in [-0.05, 0) is 0 Å². The fourth-order valence-electron chi connectivity index (χ4n) is 1.28. The molecule has 7 nitrogen and oxygen atoms in total. The smallest absolute Gasteiger partial charge is 0.407 e. The molecule has 2 N–H and O–H groups in total. The third-order valence-electron chi connectivity index (χ3n) is 1.98. The molecule has 0 aromatic carbocycles. The number of nitrogens with one attached hydrogen (secondary N) is 1. The zero-order chi connectivity index (χ0) is 9.97. The molecule has 1 aliphatic rings. The van der Waals surface area contributed by atoms with Gasteiger partial charge >= 0.3 is 6.09 Å². The summed E-state index contributed by atoms with van der Waals surface area (Å²) < 4.78 is 6.43. The van der Waals surface area contributed by atoms with Crippen molar-refractivity contribution in [3.05, 3.63) is 11.9 Å². The second-order valence-electron chi connectivity index (χ2n) is 2.97. The fourth-order valence-corrected chi connectivity index (χ4v) is 1.28. The Labute approximate surface area is 79.7 Å². The summed E-state index contributed by atoms with van der Waals surface area (Å²) in [4.78, 5) is 10.7. The SMILES string of the molecule is O=C1NCC(Cn2nncc2CO)O1. The topological polar surface area (TPSA) is 89.3 Å². The van der Waals surface area contributed by atoms with Crippen molar-refractivity contribution in [1.82, 2.24) is 20.3 Å². The molecule has 0 saturated carbocycles. The Morgan fingerprint density at radius 2 is 2.64 bits per heavy atom. The van der Waals surface area contributed by atoms with Gasteiger partial charge in [0.05, 0.1) is 31.6 Å². The van der Waals surface area contributed by atoms with E-state index in [1.807, 2.05) is 0 Å². The van der Waals surface area contributed by atoms with E-state index in [2.05, 4.69) is 15.6 Å². The first-order valence-electron chi connectivity index (χ1n) is 4.22. The first-order chi connectivity index (χ1) is 6.79. The lowest BCUT2D eigenvalue weighted by molar-refractivity contribution is 0.126. The maximum Gasteiger partial charge on any atom is 0.407 e. The molecule has 1 aromatic rings. The summed E-state index contributed by atoms with van der Waals surface area (Å²) in [7, 11) is 0. The summed E-state index contributed by atoms with van der Waals surface area (Å²) in [6.07, 6.45) is 0.819. The normalized spacial score (nSPS) is 20.6. The summed E-state index contributed by atoms with van der Waals surface area (Å²) in [6, 6.07) is 0. The van der Waals surface area contributed by atoms with E-state index in [4.69, 9.17) is 9.84 Å². The molecule has 2 rings (SSSR count). The molecule has 2 heterocycles. The first-order valence-corrected chi connectivity index (χ1v) is 4.22. The van der Waals surface area contributed by atoms with Gasteiger partial charge in [0.1, 0.15) is 6.10 Å². The van der Waals surface area contributed by atoms with Gasteiger partial charge in [-0.3, -0.25) is 0 Å². The number of nitrogens with zero attached hydrogens (tertiary/aromatic N) is 3. The van der Waals surface area contributed by atoms with Crippen molar-refractivity contribution in [1.29, 1.82) is 0 Å². The van der Waals surface area contributed by atoms with Crippen molar-refractivity contribution < 1.29 is 14.6 Å². The molecule has 1 unspecified atom stereocenters. The Hall–Kier alpha value is -1.63. The maximum atomic E-state index is 10.7. The number of ether oxygens (including phenoxy) is 1. The predicted molar refractivity (Wildman–Crippen MR) is 44.2 cm³/mol. The molecule has 0 aliphatic carbocycles. The van der Waals surface area contributed by atoms with Crippen LogP contribution in [-0.4, -0.2) is 38.8 Å². The van der Waals surface area contributed by atoms with Gasteiger partial charge in [-0.25, -0.2) is 9.48 Å². The van der Waals surface area contributed by atoms with E-state index in [0.717, 1.165) is 0 Å². The van der Waals surface area contributed by atoms with E-state index in [9.17, 15) is 4.79 Å². The van der Waals surface area contributed by atoms with Crippen molar-refractivity contribution in [2.75, 3.05) is 6.54 Å². The Morgan fingerprint density at radius 3 is 3.29 bits per heavy atom. The lowest BCUT2D eigenvalue weighted by Gasteiger charge is -2.08. The highest BCUT2D eigenvalue weighted by molar-refractivity contribution is 5.69. The highest BCUT2D eigenvalue weighted by Gasteiger charge is 2.23. The van der Waals surface area contributed by atoms with Crippen LogP contribution in [0.25, 0.3) is 0 Å². The van der Waals surface area contributed by atoms with Crippen LogP contribution in [0.2, 0.25) is 0 Å². The largest absolute Gasteiger partial charge is 0.442 e. The number of amides is 1. The number of hydrogen-bond acceptors (Lipinski definition) is 5. The van der Waals surface area contributed by atoms with Gasteiger partial charge in [-0.2, -0.15) is 0 Å². The summed E-state index contributed by atoms with van der Waals surface area (Å²) in [6.45, 7) is 0.749. The summed E-state index contributed by atoms with van der Waals surface area (Å²) >= 11 is 0. The van der Waals surface area contributed by atoms with Crippen LogP contribution in [-0.2, 0) is 17.9 Å². The van der Waals surface area contributed by atoms with Gasteiger partial charge in [-0.15, -0.1) is 5.10 Å². The third-order valence-corrected chi connectivity index (χ3v) is 1.98. The predicted octanol–water partition coefficient (Wildman–Crippen LogP) is -1.12. The second-order valence-corrected chi connectivity index (χ2v) is 2.97. The summed E-state index contributed by atoms with van der Waals surface area (Å²) in [5.74, 6) is 0. The van der Waals surface area contributed by atoms with Crippen LogP contribution in [0.3, 0.4) is 0 Å². The molecule has 76 valence electrons. The minimum absolute atomic E-state index is 0.124. The molecule has 1 aliphatic heterocycles. The molecule has 0 bridgehead atoms. The monoisotopic (exact) mass is 198 g/mol. The molecule has 14 heavy (non-hydrogen) atoms. The molecule has 1 aromatic heterocycles. The van der Waals surface area contributed by atoms with Crippen molar-refractivity contribution in [3.63, 3.8) is 0 Å². The number of cyclic esters (lactones) is 1. The van der Waals surface area contributed by atoms with Crippen LogP contribution in [0.1, 0.15) is 5.69 Å². The van der Waals surface area contributed by atoms with Crippen molar-refractivity contribution in [2.24, 2.45) is 0 Å². The lowest BCUT2D eigenvalue weighted by Crippen LogP contribution is -2.22. The molecule has 1 fully saturated rings. The summed E-state index contributed by atoms with van der Waals surface area (Å²) in [5.41, 5.74) is 0.605. The number of aromatic nitrogens is 3. The van der Waals surface area contributed by atoms with E-state index >= 15 is 0 Å². The number of carbonyl (C=O) groups excluding carboxylic acids is 1. The maximum absolute atomic E-state index is 10.7. The number of aliphatic hydroxyl groups is 1. The Morgan fingerprint density at radius 1 is 1.79 bits per heavy atom. The number of carbonyl (C=O) groups is 1. The number of aliphatic hydroxyl groups excluding tert-OH is 1. The standard InChI is InChI=1S/C7H10N4O3/c12-4-5-1-9-10-11(5)3-6-2-8-7(13)14-6/h1,6,12H,2-4H2,(H,8,13). The van der Waals surface area contributed by atoms with Gasteiger partial charge in [0.25, 0.3) is 0 Å². The van der Waals surface area contributed by atoms with Crippen molar-refractivity contribution in [3.8, 4) is 0 Å². The molecule has 1 atom stereocenters. The second kappa shape index (κ2) is 3.62. The fraction of sp³-hybridized carbons (Fsp3) is 0.571. The highest BCUT2D eigenvalue weighted by atomic mass is 16.6. The quantitative estimate of drug-likeness (QED) is 0.642. The number of alkyl carbamates (subject to hydrolysis) is 1. The van der Waals surface area contributed by atoms with E-state index < -0.39 is 6.09 Å². The minimum Gasteiger partial charge on any atom is -0.442 e. The Bertz CT molecular complexity index is 337. The zero-order valence-electron chi connectivity index (χ0n) is 7.38. The van der Waals surface area contributed by atoms with Crippen LogP contribution in [0.4, 0.5) is 4.79 Å². The average molecular weight is 198 g/mol. The zero-order valence-corrected chi connectivity index (χ0v) is 7.38. The molecule has 0 radical (unpaired) electrons. The van der Waals surface area contributed by atoms with Crippen LogP contribution in [0, 0.1) is 0 Å². The molecular weight excluding hydrogens is 188 g/mol. The van der Waals surface area contributed by atoms with E-state index in [1.165, 1.54) is 10.9 Å². The first kappa shape index (κ1) is 8.95. The van der Waals surface area contributed by atoms with E-state index in [-0.39, 0.29) is 12.7 Å². The van der Waals surface area contributed by atoms with Crippen LogP contribution < -0.4 is 5.32 Å². The van der Waals surface area contributed by atoms with Crippen LogP contribution in [0.15, 0.2) is 6.20 Å². The van der Waals surface area contributed by atoms with E-state index in [0.29, 0.717) is 18.8 Å². The van der Waals surface area contributed by atoms with Gasteiger partial charge in [0, 0.05) is 0 Å². The third kappa shape index (κ3) is 1.67. The van der Waals surface area contributed by atoms with Crippen molar-refractivity contribution in [2.45, 2.75) is 19.3 Å². The minimum atomic E-state index is -0.416. The highest BCUT2D eigenvalue weighted by Crippen LogP contribution is 2.05. The van der Waals surface area contributed by atoms with Gasteiger partial charge in [-0.1, -0.05) is 5.21 Å². The average Bonchev–Trinajstić information content (AvgIpc) is 2.76. The molecule has 1 amide bonds. The number of hydrogen-bond donors (Lipinski definition) is 2. The van der Waals surface area contributed by atoms with Gasteiger partial charge in [0.2, 0.25) is 0 Å². The van der Waals surface area contributed by atoms with Crippen LogP contribution in [0.5, 0.6) is 0 Å². The molecular formula is C7H10N4O3.